The molecule has 0 spiro atoms. The van der Waals surface area contributed by atoms with Crippen molar-refractivity contribution in [2.45, 2.75) is 167 Å². The van der Waals surface area contributed by atoms with Crippen LogP contribution in [-0.2, 0) is 33.3 Å². The number of ether oxygens (including phenoxy) is 5. The number of carboxylic acid groups (broad SMARTS) is 1. The van der Waals surface area contributed by atoms with Crippen molar-refractivity contribution in [2.24, 2.45) is 50.2 Å². The van der Waals surface area contributed by atoms with Crippen LogP contribution in [0.4, 0.5) is 0 Å². The molecule has 2 heterocycles. The number of aliphatic hydroxyl groups is 6. The van der Waals surface area contributed by atoms with Crippen LogP contribution >= 0.6 is 0 Å². The van der Waals surface area contributed by atoms with E-state index in [1.165, 1.54) is 12.7 Å². The Morgan fingerprint density at radius 1 is 0.821 bits per heavy atom. The third kappa shape index (κ3) is 6.09. The summed E-state index contributed by atoms with van der Waals surface area (Å²) in [7, 11) is 1.44. The van der Waals surface area contributed by atoms with Crippen LogP contribution in [0.3, 0.4) is 0 Å². The lowest BCUT2D eigenvalue weighted by Crippen LogP contribution is -2.66. The third-order valence-corrected chi connectivity index (χ3v) is 17.3. The number of aliphatic hydroxyl groups excluding tert-OH is 6. The highest BCUT2D eigenvalue weighted by atomic mass is 16.8. The summed E-state index contributed by atoms with van der Waals surface area (Å²) in [6.07, 6.45) is -3.90. The zero-order chi connectivity index (χ0) is 41.0. The Labute approximate surface area is 329 Å². The average Bonchev–Trinajstić information content (AvgIpc) is 3.15. The topological polar surface area (TPSA) is 222 Å². The number of fused-ring (bicyclic) bond motifs is 7. The molecule has 18 atom stereocenters. The van der Waals surface area contributed by atoms with Crippen molar-refractivity contribution in [1.82, 2.24) is 0 Å². The number of hydrogen-bond donors (Lipinski definition) is 7. The van der Waals surface area contributed by atoms with Crippen LogP contribution < -0.4 is 0 Å². The van der Waals surface area contributed by atoms with Gasteiger partial charge in [-0.1, -0.05) is 46.3 Å². The zero-order valence-corrected chi connectivity index (χ0v) is 34.1. The molecule has 7 aliphatic rings. The highest BCUT2D eigenvalue weighted by Gasteiger charge is 2.70. The molecule has 0 aromatic rings. The van der Waals surface area contributed by atoms with Gasteiger partial charge in [0, 0.05) is 0 Å². The second kappa shape index (κ2) is 14.5. The number of rotatable bonds is 7. The van der Waals surface area contributed by atoms with Crippen LogP contribution in [0.25, 0.3) is 0 Å². The fourth-order valence-corrected chi connectivity index (χ4v) is 13.6. The SMILES string of the molecule is COC(=O)C12CCC(C)(C(=O)O)CC1C1=CCC3C4(C)CCC(OC5OC(CO)C(O)C(O)C5OC5OCC(O)C(O)C5O)C(C)(C)C4CCC3(C)C1(C)CC2. The van der Waals surface area contributed by atoms with Gasteiger partial charge >= 0.3 is 11.9 Å². The van der Waals surface area contributed by atoms with Gasteiger partial charge in [-0.3, -0.25) is 9.59 Å². The molecule has 0 amide bonds. The van der Waals surface area contributed by atoms with Crippen molar-refractivity contribution in [2.75, 3.05) is 20.3 Å². The van der Waals surface area contributed by atoms with Crippen LogP contribution in [0.2, 0.25) is 0 Å². The molecule has 4 saturated carbocycles. The standard InChI is InChI=1S/C42H66O14/c1-37(2)25-10-13-41(6)26(9-8-21-22-18-38(3,35(49)50)14-16-42(22,36(51)52-7)17-15-40(21,41)5)39(25,4)12-11-27(37)55-34-32(30(47)29(46)24(19-43)54-34)56-33-31(48)28(45)23(44)20-53-33/h8,22-34,43-48H,9-20H2,1-7H3,(H,49,50). The van der Waals surface area contributed by atoms with Crippen LogP contribution in [-0.4, -0.2) is 129 Å². The monoisotopic (exact) mass is 794 g/mol. The normalized spacial score (nSPS) is 52.7. The highest BCUT2D eigenvalue weighted by molar-refractivity contribution is 5.80. The van der Waals surface area contributed by atoms with Crippen LogP contribution in [0.1, 0.15) is 106 Å². The molecule has 14 nitrogen and oxygen atoms in total. The van der Waals surface area contributed by atoms with Gasteiger partial charge in [0.25, 0.3) is 0 Å². The Morgan fingerprint density at radius 2 is 1.52 bits per heavy atom. The number of aliphatic carboxylic acids is 1. The van der Waals surface area contributed by atoms with Gasteiger partial charge < -0.3 is 59.4 Å². The van der Waals surface area contributed by atoms with Gasteiger partial charge in [0.15, 0.2) is 12.6 Å². The Hall–Kier alpha value is -1.72. The van der Waals surface area contributed by atoms with Crippen LogP contribution in [0.5, 0.6) is 0 Å². The maximum absolute atomic E-state index is 13.7. The first kappa shape index (κ1) is 42.4. The Bertz CT molecular complexity index is 1550. The third-order valence-electron chi connectivity index (χ3n) is 17.3. The lowest BCUT2D eigenvalue weighted by atomic mass is 9.33. The van der Waals surface area contributed by atoms with Crippen molar-refractivity contribution in [3.63, 3.8) is 0 Å². The Balaban J connectivity index is 1.16. The molecule has 0 bridgehead atoms. The first-order chi connectivity index (χ1) is 26.1. The summed E-state index contributed by atoms with van der Waals surface area (Å²) in [6.45, 7) is 12.5. The van der Waals surface area contributed by atoms with Crippen LogP contribution in [0.15, 0.2) is 11.6 Å². The van der Waals surface area contributed by atoms with E-state index in [4.69, 9.17) is 23.7 Å². The maximum Gasteiger partial charge on any atom is 0.312 e. The number of hydrogen-bond acceptors (Lipinski definition) is 13. The fraction of sp³-hybridized carbons (Fsp3) is 0.905. The van der Waals surface area contributed by atoms with Gasteiger partial charge in [-0.15, -0.1) is 0 Å². The quantitative estimate of drug-likeness (QED) is 0.112. The second-order valence-electron chi connectivity index (χ2n) is 20.1. The molecule has 0 aromatic heterocycles. The Kier molecular flexibility index (Phi) is 11.0. The summed E-state index contributed by atoms with van der Waals surface area (Å²) < 4.78 is 29.7. The number of carbonyl (C=O) groups is 2. The van der Waals surface area contributed by atoms with E-state index in [-0.39, 0.29) is 46.8 Å². The van der Waals surface area contributed by atoms with E-state index in [9.17, 15) is 45.3 Å². The molecule has 318 valence electrons. The zero-order valence-electron chi connectivity index (χ0n) is 34.1. The smallest absolute Gasteiger partial charge is 0.312 e. The minimum atomic E-state index is -1.64. The number of methoxy groups -OCH3 is 1. The summed E-state index contributed by atoms with van der Waals surface area (Å²) in [5, 5.41) is 73.3. The first-order valence-electron chi connectivity index (χ1n) is 20.8. The molecular weight excluding hydrogens is 728 g/mol. The highest BCUT2D eigenvalue weighted by Crippen LogP contribution is 2.76. The molecule has 18 unspecified atom stereocenters. The molecule has 6 fully saturated rings. The van der Waals surface area contributed by atoms with E-state index in [1.54, 1.807) is 0 Å². The Morgan fingerprint density at radius 3 is 2.18 bits per heavy atom. The van der Waals surface area contributed by atoms with Gasteiger partial charge in [-0.05, 0) is 111 Å². The summed E-state index contributed by atoms with van der Waals surface area (Å²) in [5.41, 5.74) is -1.28. The molecule has 2 saturated heterocycles. The van der Waals surface area contributed by atoms with Crippen molar-refractivity contribution < 1.29 is 69.0 Å². The van der Waals surface area contributed by atoms with E-state index in [1.807, 2.05) is 6.92 Å². The summed E-state index contributed by atoms with van der Waals surface area (Å²) in [4.78, 5) is 26.3. The van der Waals surface area contributed by atoms with E-state index >= 15 is 0 Å². The minimum Gasteiger partial charge on any atom is -0.481 e. The van der Waals surface area contributed by atoms with Gasteiger partial charge in [0.05, 0.1) is 37.3 Å². The second-order valence-corrected chi connectivity index (χ2v) is 20.1. The van der Waals surface area contributed by atoms with Crippen molar-refractivity contribution in [1.29, 1.82) is 0 Å². The predicted octanol–water partition coefficient (Wildman–Crippen LogP) is 2.67. The van der Waals surface area contributed by atoms with E-state index in [0.29, 0.717) is 38.0 Å². The molecule has 56 heavy (non-hydrogen) atoms. The lowest BCUT2D eigenvalue weighted by molar-refractivity contribution is -0.370. The summed E-state index contributed by atoms with van der Waals surface area (Å²) in [6, 6.07) is 0. The average molecular weight is 795 g/mol. The van der Waals surface area contributed by atoms with E-state index < -0.39 is 84.1 Å². The lowest BCUT2D eigenvalue weighted by Gasteiger charge is -2.71. The molecule has 5 aliphatic carbocycles. The first-order valence-corrected chi connectivity index (χ1v) is 20.8. The molecule has 0 aromatic carbocycles. The molecular formula is C42H66O14. The number of esters is 1. The maximum atomic E-state index is 13.7. The number of carbonyl (C=O) groups excluding carboxylic acids is 1. The molecule has 14 heteroatoms. The largest absolute Gasteiger partial charge is 0.481 e. The molecule has 7 N–H and O–H groups in total. The number of carboxylic acids is 1. The minimum absolute atomic E-state index is 0.107. The van der Waals surface area contributed by atoms with Crippen molar-refractivity contribution in [3.05, 3.63) is 11.6 Å². The van der Waals surface area contributed by atoms with Crippen molar-refractivity contribution >= 4 is 11.9 Å². The van der Waals surface area contributed by atoms with E-state index in [2.05, 4.69) is 40.7 Å². The molecule has 0 radical (unpaired) electrons. The predicted molar refractivity (Wildman–Crippen MR) is 198 cm³/mol. The fourth-order valence-electron chi connectivity index (χ4n) is 13.6. The number of allylic oxidation sites excluding steroid dienone is 2. The molecule has 2 aliphatic heterocycles. The van der Waals surface area contributed by atoms with Gasteiger partial charge in [-0.2, -0.15) is 0 Å². The van der Waals surface area contributed by atoms with Crippen LogP contribution in [0, 0.1) is 50.2 Å². The van der Waals surface area contributed by atoms with Crippen molar-refractivity contribution in [3.8, 4) is 0 Å². The molecule has 7 rings (SSSR count). The van der Waals surface area contributed by atoms with Gasteiger partial charge in [-0.25, -0.2) is 0 Å². The summed E-state index contributed by atoms with van der Waals surface area (Å²) >= 11 is 0. The summed E-state index contributed by atoms with van der Waals surface area (Å²) in [5.74, 6) is -0.733. The van der Waals surface area contributed by atoms with Gasteiger partial charge in [0.2, 0.25) is 0 Å². The van der Waals surface area contributed by atoms with Gasteiger partial charge in [0.1, 0.15) is 42.7 Å². The van der Waals surface area contributed by atoms with E-state index in [0.717, 1.165) is 32.1 Å².